The van der Waals surface area contributed by atoms with Crippen molar-refractivity contribution in [2.24, 2.45) is 10.2 Å². The fourth-order valence-corrected chi connectivity index (χ4v) is 4.73. The highest BCUT2D eigenvalue weighted by Gasteiger charge is 2.02. The van der Waals surface area contributed by atoms with Gasteiger partial charge in [0.05, 0.1) is 11.4 Å². The Morgan fingerprint density at radius 3 is 1.38 bits per heavy atom. The maximum Gasteiger partial charge on any atom is 0.0860 e. The zero-order chi connectivity index (χ0) is 17.6. The number of nitrogens with zero attached hydrogens (tertiary/aromatic N) is 2. The molecule has 0 N–H and O–H groups in total. The first kappa shape index (κ1) is 17.4. The van der Waals surface area contributed by atoms with Gasteiger partial charge in [0.25, 0.3) is 0 Å². The topological polar surface area (TPSA) is 24.7 Å². The molecule has 0 fully saturated rings. The van der Waals surface area contributed by atoms with E-state index in [1.165, 1.54) is 22.3 Å². The van der Waals surface area contributed by atoms with Gasteiger partial charge in [0.1, 0.15) is 0 Å². The molecule has 0 unspecified atom stereocenters. The summed E-state index contributed by atoms with van der Waals surface area (Å²) in [6.45, 7) is 0. The predicted molar refractivity (Wildman–Crippen MR) is 114 cm³/mol. The van der Waals surface area contributed by atoms with Crippen molar-refractivity contribution in [2.75, 3.05) is 0 Å². The molecule has 0 atom stereocenters. The maximum atomic E-state index is 4.43. The smallest absolute Gasteiger partial charge is 0.0860 e. The molecular weight excluding hydrogens is 356 g/mol. The molecule has 26 heavy (non-hydrogen) atoms. The van der Waals surface area contributed by atoms with Gasteiger partial charge in [0.15, 0.2) is 0 Å². The number of thioether (sulfide) groups is 2. The Morgan fingerprint density at radius 2 is 0.923 bits per heavy atom. The van der Waals surface area contributed by atoms with Gasteiger partial charge in [-0.3, -0.25) is 0 Å². The van der Waals surface area contributed by atoms with Crippen molar-refractivity contribution >= 4 is 34.9 Å². The Bertz CT molecular complexity index is 830. The van der Waals surface area contributed by atoms with Crippen molar-refractivity contribution in [1.29, 1.82) is 0 Å². The van der Waals surface area contributed by atoms with Crippen molar-refractivity contribution in [3.8, 4) is 0 Å². The van der Waals surface area contributed by atoms with Gasteiger partial charge in [0.2, 0.25) is 0 Å². The van der Waals surface area contributed by atoms with Crippen LogP contribution in [0.5, 0.6) is 0 Å². The highest BCUT2D eigenvalue weighted by molar-refractivity contribution is 7.98. The largest absolute Gasteiger partial charge is 0.152 e. The van der Waals surface area contributed by atoms with Gasteiger partial charge in [0, 0.05) is 23.0 Å². The van der Waals surface area contributed by atoms with E-state index < -0.39 is 0 Å². The van der Waals surface area contributed by atoms with Gasteiger partial charge >= 0.3 is 0 Å². The molecule has 0 aliphatic carbocycles. The second-order valence-electron chi connectivity index (χ2n) is 6.34. The van der Waals surface area contributed by atoms with Crippen LogP contribution in [0.15, 0.2) is 83.0 Å². The Balaban J connectivity index is 1.62. The summed E-state index contributed by atoms with van der Waals surface area (Å²) < 4.78 is 0. The second kappa shape index (κ2) is 8.56. The molecule has 0 aromatic heterocycles. The normalized spacial score (nSPS) is 14.6. The van der Waals surface area contributed by atoms with Crippen LogP contribution < -0.4 is 0 Å². The van der Waals surface area contributed by atoms with Crippen LogP contribution in [-0.2, 0) is 23.0 Å². The van der Waals surface area contributed by atoms with Crippen LogP contribution in [0.1, 0.15) is 22.3 Å². The number of rotatable bonds is 0. The van der Waals surface area contributed by atoms with E-state index in [9.17, 15) is 0 Å². The highest BCUT2D eigenvalue weighted by atomic mass is 32.2. The molecule has 130 valence electrons. The molecular formula is C22H20N2S2. The van der Waals surface area contributed by atoms with Gasteiger partial charge in [-0.1, -0.05) is 48.5 Å². The first-order chi connectivity index (χ1) is 12.8. The lowest BCUT2D eigenvalue weighted by Crippen LogP contribution is -1.87. The van der Waals surface area contributed by atoms with Gasteiger partial charge in [-0.15, -0.1) is 0 Å². The third-order valence-electron chi connectivity index (χ3n) is 4.20. The Morgan fingerprint density at radius 1 is 0.500 bits per heavy atom. The summed E-state index contributed by atoms with van der Waals surface area (Å²) in [5, 5.41) is 8.86. The van der Waals surface area contributed by atoms with E-state index in [-0.39, 0.29) is 0 Å². The summed E-state index contributed by atoms with van der Waals surface area (Å²) >= 11 is 3.87. The molecule has 5 rings (SSSR count). The average Bonchev–Trinajstić information content (AvgIpc) is 2.68. The molecule has 2 aliphatic rings. The van der Waals surface area contributed by atoms with E-state index in [0.717, 1.165) is 34.4 Å². The highest BCUT2D eigenvalue weighted by Crippen LogP contribution is 2.26. The fraction of sp³-hybridized carbons (Fsp3) is 0.182. The van der Waals surface area contributed by atoms with E-state index in [4.69, 9.17) is 0 Å². The molecule has 0 saturated carbocycles. The van der Waals surface area contributed by atoms with Crippen LogP contribution in [0.2, 0.25) is 0 Å². The van der Waals surface area contributed by atoms with Crippen LogP contribution in [0.25, 0.3) is 0 Å². The summed E-state index contributed by atoms with van der Waals surface area (Å²) in [6.07, 6.45) is 0. The monoisotopic (exact) mass is 376 g/mol. The van der Waals surface area contributed by atoms with Gasteiger partial charge < -0.3 is 0 Å². The molecule has 3 aromatic carbocycles. The SMILES string of the molecule is c1cc2cc(c1)N=Nc1cccc(c1)CSCc1ccc(cc1)CSC2. The Hall–Kier alpha value is -2.04. The molecule has 0 amide bonds. The van der Waals surface area contributed by atoms with Crippen molar-refractivity contribution in [1.82, 2.24) is 0 Å². The molecule has 6 bridgehead atoms. The summed E-state index contributed by atoms with van der Waals surface area (Å²) in [7, 11) is 0. The van der Waals surface area contributed by atoms with Crippen LogP contribution in [-0.4, -0.2) is 0 Å². The van der Waals surface area contributed by atoms with Crippen molar-refractivity contribution < 1.29 is 0 Å². The molecule has 0 radical (unpaired) electrons. The quantitative estimate of drug-likeness (QED) is 0.412. The number of azo groups is 1. The summed E-state index contributed by atoms with van der Waals surface area (Å²) in [4.78, 5) is 0. The maximum absolute atomic E-state index is 4.43. The molecule has 0 spiro atoms. The lowest BCUT2D eigenvalue weighted by atomic mass is 10.2. The van der Waals surface area contributed by atoms with Gasteiger partial charge in [-0.25, -0.2) is 0 Å². The van der Waals surface area contributed by atoms with E-state index in [1.54, 1.807) is 0 Å². The van der Waals surface area contributed by atoms with E-state index in [2.05, 4.69) is 70.9 Å². The molecule has 2 aliphatic heterocycles. The van der Waals surface area contributed by atoms with Crippen LogP contribution in [0, 0.1) is 0 Å². The van der Waals surface area contributed by atoms with E-state index in [1.807, 2.05) is 35.7 Å². The summed E-state index contributed by atoms with van der Waals surface area (Å²) in [5.74, 6) is 4.03. The zero-order valence-corrected chi connectivity index (χ0v) is 16.1. The lowest BCUT2D eigenvalue weighted by molar-refractivity contribution is 1.21. The zero-order valence-electron chi connectivity index (χ0n) is 14.5. The van der Waals surface area contributed by atoms with Crippen LogP contribution in [0.3, 0.4) is 0 Å². The summed E-state index contributed by atoms with van der Waals surface area (Å²) in [5.41, 5.74) is 7.16. The minimum absolute atomic E-state index is 0.911. The third-order valence-corrected chi connectivity index (χ3v) is 6.35. The molecule has 3 aromatic rings. The standard InChI is InChI=1S/C22H20N2S2/c1-3-19-11-21(5-1)23-24-22-6-2-4-20(12-22)16-26-14-18-9-7-17(8-10-18)13-25-15-19/h1-12H,13-16H2. The minimum Gasteiger partial charge on any atom is -0.152 e. The number of hydrogen-bond donors (Lipinski definition) is 0. The number of benzene rings is 3. The second-order valence-corrected chi connectivity index (χ2v) is 8.31. The van der Waals surface area contributed by atoms with Crippen LogP contribution in [0.4, 0.5) is 11.4 Å². The predicted octanol–water partition coefficient (Wildman–Crippen LogP) is 7.28. The lowest BCUT2D eigenvalue weighted by Gasteiger charge is -2.07. The molecule has 4 heteroatoms. The van der Waals surface area contributed by atoms with Crippen molar-refractivity contribution in [2.45, 2.75) is 23.0 Å². The van der Waals surface area contributed by atoms with E-state index in [0.29, 0.717) is 0 Å². The fourth-order valence-electron chi connectivity index (χ4n) is 2.84. The van der Waals surface area contributed by atoms with Crippen molar-refractivity contribution in [3.05, 3.63) is 95.1 Å². The molecule has 2 heterocycles. The number of fused-ring (bicyclic) bond motifs is 6. The third kappa shape index (κ3) is 4.77. The van der Waals surface area contributed by atoms with Crippen molar-refractivity contribution in [3.63, 3.8) is 0 Å². The molecule has 0 saturated heterocycles. The summed E-state index contributed by atoms with van der Waals surface area (Å²) in [6, 6.07) is 25.8. The first-order valence-electron chi connectivity index (χ1n) is 8.68. The Labute approximate surface area is 163 Å². The number of hydrogen-bond acceptors (Lipinski definition) is 4. The Kier molecular flexibility index (Phi) is 5.72. The molecule has 2 nitrogen and oxygen atoms in total. The van der Waals surface area contributed by atoms with Gasteiger partial charge in [-0.05, 0) is 46.5 Å². The van der Waals surface area contributed by atoms with E-state index >= 15 is 0 Å². The minimum atomic E-state index is 0.911. The average molecular weight is 377 g/mol. The van der Waals surface area contributed by atoms with Gasteiger partial charge in [-0.2, -0.15) is 33.8 Å². The first-order valence-corrected chi connectivity index (χ1v) is 11.0. The van der Waals surface area contributed by atoms with Crippen LogP contribution >= 0.6 is 23.5 Å².